The Hall–Kier alpha value is -3.87. The summed E-state index contributed by atoms with van der Waals surface area (Å²) in [5.74, 6) is -0.168. The van der Waals surface area contributed by atoms with Gasteiger partial charge in [-0.25, -0.2) is 4.79 Å². The minimum atomic E-state index is -0.676. The summed E-state index contributed by atoms with van der Waals surface area (Å²) < 4.78 is 6.27. The van der Waals surface area contributed by atoms with Gasteiger partial charge in [0.05, 0.1) is 43.3 Å². The minimum Gasteiger partial charge on any atom is -0.453 e. The smallest absolute Gasteiger partial charge is 0.411 e. The zero-order chi connectivity index (χ0) is 24.0. The van der Waals surface area contributed by atoms with Crippen molar-refractivity contribution in [2.75, 3.05) is 25.6 Å². The predicted octanol–water partition coefficient (Wildman–Crippen LogP) is 2.96. The van der Waals surface area contributed by atoms with E-state index >= 15 is 0 Å². The zero-order valence-corrected chi connectivity index (χ0v) is 19.1. The van der Waals surface area contributed by atoms with E-state index in [4.69, 9.17) is 5.26 Å². The van der Waals surface area contributed by atoms with Crippen LogP contribution in [0.25, 0.3) is 11.3 Å². The highest BCUT2D eigenvalue weighted by molar-refractivity contribution is 5.96. The average molecular weight is 453 g/mol. The van der Waals surface area contributed by atoms with Crippen LogP contribution in [0.3, 0.4) is 0 Å². The summed E-state index contributed by atoms with van der Waals surface area (Å²) in [6.07, 6.45) is 2.21. The molecule has 4 rings (SSSR count). The fourth-order valence-corrected chi connectivity index (χ4v) is 3.61. The van der Waals surface area contributed by atoms with Gasteiger partial charge < -0.3 is 15.0 Å². The van der Waals surface area contributed by atoms with Gasteiger partial charge in [-0.05, 0) is 37.1 Å². The van der Waals surface area contributed by atoms with Crippen LogP contribution in [0.1, 0.15) is 49.2 Å². The lowest BCUT2D eigenvalue weighted by Crippen LogP contribution is -2.48. The van der Waals surface area contributed by atoms with Crippen molar-refractivity contribution in [3.8, 4) is 17.3 Å². The van der Waals surface area contributed by atoms with Gasteiger partial charge in [0.25, 0.3) is 5.91 Å². The Labute approximate surface area is 192 Å². The van der Waals surface area contributed by atoms with Crippen molar-refractivity contribution in [3.05, 3.63) is 35.5 Å². The molecule has 2 heterocycles. The first-order valence-corrected chi connectivity index (χ1v) is 11.0. The van der Waals surface area contributed by atoms with Crippen LogP contribution in [0.15, 0.2) is 24.3 Å². The Morgan fingerprint density at radius 1 is 1.24 bits per heavy atom. The van der Waals surface area contributed by atoms with Crippen molar-refractivity contribution in [3.63, 3.8) is 0 Å². The SMILES string of the molecule is CC.COC(=O)Nc1cc(C#N)ccc1-c1cc2n(n1)CCN(CNC(=O)C1CCC1)C2=O. The summed E-state index contributed by atoms with van der Waals surface area (Å²) in [5.41, 5.74) is 2.16. The van der Waals surface area contributed by atoms with E-state index in [1.54, 1.807) is 27.8 Å². The van der Waals surface area contributed by atoms with Gasteiger partial charge in [0, 0.05) is 18.0 Å². The molecule has 0 radical (unpaired) electrons. The van der Waals surface area contributed by atoms with Gasteiger partial charge in [0.1, 0.15) is 5.69 Å². The standard InChI is InChI=1S/C21H22N6O4.C2H6/c1-31-21(30)24-16-9-13(11-22)5-6-15(16)17-10-18-20(29)26(7-8-27(18)25-17)12-23-19(28)14-3-2-4-14;1-2/h5-6,9-10,14H,2-4,7-8,12H2,1H3,(H,23,28)(H,24,30);1-2H3. The largest absolute Gasteiger partial charge is 0.453 e. The molecule has 33 heavy (non-hydrogen) atoms. The van der Waals surface area contributed by atoms with Crippen LogP contribution < -0.4 is 10.6 Å². The van der Waals surface area contributed by atoms with Crippen molar-refractivity contribution in [2.24, 2.45) is 5.92 Å². The number of nitrogens with zero attached hydrogens (tertiary/aromatic N) is 4. The second-order valence-electron chi connectivity index (χ2n) is 7.52. The number of aromatic nitrogens is 2. The molecular weight excluding hydrogens is 424 g/mol. The van der Waals surface area contributed by atoms with Crippen LogP contribution in [0.2, 0.25) is 0 Å². The second-order valence-corrected chi connectivity index (χ2v) is 7.52. The number of carbonyl (C=O) groups is 3. The molecule has 2 aromatic rings. The van der Waals surface area contributed by atoms with E-state index in [2.05, 4.69) is 20.5 Å². The van der Waals surface area contributed by atoms with Crippen molar-refractivity contribution >= 4 is 23.6 Å². The maximum absolute atomic E-state index is 12.9. The van der Waals surface area contributed by atoms with Gasteiger partial charge in [0.2, 0.25) is 5.91 Å². The van der Waals surface area contributed by atoms with Crippen LogP contribution in [-0.4, -0.2) is 52.9 Å². The van der Waals surface area contributed by atoms with E-state index in [1.807, 2.05) is 19.9 Å². The molecule has 0 spiro atoms. The minimum absolute atomic E-state index is 0.00470. The highest BCUT2D eigenvalue weighted by Gasteiger charge is 2.29. The summed E-state index contributed by atoms with van der Waals surface area (Å²) in [6.45, 7) is 5.08. The highest BCUT2D eigenvalue weighted by atomic mass is 16.5. The van der Waals surface area contributed by atoms with E-state index in [9.17, 15) is 14.4 Å². The van der Waals surface area contributed by atoms with Gasteiger partial charge in [0.15, 0.2) is 0 Å². The number of methoxy groups -OCH3 is 1. The lowest BCUT2D eigenvalue weighted by Gasteiger charge is -2.29. The topological polar surface area (TPSA) is 129 Å². The molecule has 10 heteroatoms. The van der Waals surface area contributed by atoms with Crippen molar-refractivity contribution in [2.45, 2.75) is 39.7 Å². The number of anilines is 1. The van der Waals surface area contributed by atoms with Gasteiger partial charge in [-0.15, -0.1) is 0 Å². The Morgan fingerprint density at radius 3 is 2.64 bits per heavy atom. The van der Waals surface area contributed by atoms with E-state index in [0.29, 0.717) is 41.3 Å². The molecule has 0 bridgehead atoms. The number of hydrogen-bond acceptors (Lipinski definition) is 6. The molecule has 174 valence electrons. The van der Waals surface area contributed by atoms with Gasteiger partial charge in [-0.1, -0.05) is 20.3 Å². The average Bonchev–Trinajstić information content (AvgIpc) is 3.23. The molecule has 10 nitrogen and oxygen atoms in total. The summed E-state index contributed by atoms with van der Waals surface area (Å²) >= 11 is 0. The molecule has 0 atom stereocenters. The Morgan fingerprint density at radius 2 is 2.00 bits per heavy atom. The number of nitrogens with one attached hydrogen (secondary N) is 2. The molecule has 3 amide bonds. The van der Waals surface area contributed by atoms with E-state index < -0.39 is 6.09 Å². The molecule has 1 fully saturated rings. The van der Waals surface area contributed by atoms with E-state index in [0.717, 1.165) is 19.3 Å². The Balaban J connectivity index is 0.00000149. The molecule has 1 aliphatic heterocycles. The lowest BCUT2D eigenvalue weighted by atomic mass is 9.85. The van der Waals surface area contributed by atoms with Crippen LogP contribution in [0.5, 0.6) is 0 Å². The summed E-state index contributed by atoms with van der Waals surface area (Å²) in [6, 6.07) is 8.47. The van der Waals surface area contributed by atoms with Crippen LogP contribution >= 0.6 is 0 Å². The van der Waals surface area contributed by atoms with Crippen molar-refractivity contribution < 1.29 is 19.1 Å². The summed E-state index contributed by atoms with van der Waals surface area (Å²) in [5, 5.41) is 19.1. The molecule has 0 unspecified atom stereocenters. The third kappa shape index (κ3) is 5.14. The first-order valence-electron chi connectivity index (χ1n) is 11.0. The van der Waals surface area contributed by atoms with Crippen LogP contribution in [-0.2, 0) is 16.1 Å². The molecule has 1 aromatic heterocycles. The fourth-order valence-electron chi connectivity index (χ4n) is 3.61. The maximum atomic E-state index is 12.9. The Bertz CT molecular complexity index is 1080. The van der Waals surface area contributed by atoms with Gasteiger partial charge >= 0.3 is 6.09 Å². The van der Waals surface area contributed by atoms with Crippen molar-refractivity contribution in [1.29, 1.82) is 5.26 Å². The first kappa shape index (κ1) is 23.8. The molecular formula is C23H28N6O4. The van der Waals surface area contributed by atoms with Gasteiger partial charge in [-0.2, -0.15) is 10.4 Å². The molecule has 2 N–H and O–H groups in total. The number of ether oxygens (including phenoxy) is 1. The molecule has 0 saturated heterocycles. The van der Waals surface area contributed by atoms with Crippen LogP contribution in [0.4, 0.5) is 10.5 Å². The molecule has 2 aliphatic rings. The fraction of sp³-hybridized carbons (Fsp3) is 0.435. The lowest BCUT2D eigenvalue weighted by molar-refractivity contribution is -0.127. The molecule has 1 saturated carbocycles. The number of hydrogen-bond donors (Lipinski definition) is 2. The van der Waals surface area contributed by atoms with Gasteiger partial charge in [-0.3, -0.25) is 19.6 Å². The van der Waals surface area contributed by atoms with Crippen LogP contribution in [0, 0.1) is 17.2 Å². The van der Waals surface area contributed by atoms with E-state index in [-0.39, 0.29) is 24.4 Å². The zero-order valence-electron chi connectivity index (χ0n) is 19.1. The quantitative estimate of drug-likeness (QED) is 0.717. The normalized spacial score (nSPS) is 14.7. The number of amides is 3. The highest BCUT2D eigenvalue weighted by Crippen LogP contribution is 2.30. The third-order valence-corrected chi connectivity index (χ3v) is 5.63. The number of rotatable bonds is 5. The second kappa shape index (κ2) is 10.6. The monoisotopic (exact) mass is 452 g/mol. The number of benzene rings is 1. The summed E-state index contributed by atoms with van der Waals surface area (Å²) in [7, 11) is 1.25. The molecule has 1 aliphatic carbocycles. The Kier molecular flexibility index (Phi) is 7.66. The number of fused-ring (bicyclic) bond motifs is 1. The summed E-state index contributed by atoms with van der Waals surface area (Å²) in [4.78, 5) is 38.3. The number of nitriles is 1. The maximum Gasteiger partial charge on any atom is 0.411 e. The molecule has 1 aromatic carbocycles. The third-order valence-electron chi connectivity index (χ3n) is 5.63. The predicted molar refractivity (Wildman–Crippen MR) is 121 cm³/mol. The first-order chi connectivity index (χ1) is 16.0. The van der Waals surface area contributed by atoms with E-state index in [1.165, 1.54) is 13.2 Å². The number of carbonyl (C=O) groups excluding carboxylic acids is 3. The van der Waals surface area contributed by atoms with Crippen molar-refractivity contribution in [1.82, 2.24) is 20.0 Å².